The number of aryl methyl sites for hydroxylation is 1. The van der Waals surface area contributed by atoms with Crippen molar-refractivity contribution < 1.29 is 9.53 Å². The third-order valence-electron chi connectivity index (χ3n) is 5.34. The maximum Gasteiger partial charge on any atom is 0.277 e. The van der Waals surface area contributed by atoms with Gasteiger partial charge in [-0.2, -0.15) is 5.10 Å². The predicted octanol–water partition coefficient (Wildman–Crippen LogP) is 5.02. The second kappa shape index (κ2) is 9.98. The van der Waals surface area contributed by atoms with Gasteiger partial charge >= 0.3 is 0 Å². The quantitative estimate of drug-likeness (QED) is 0.304. The van der Waals surface area contributed by atoms with Crippen molar-refractivity contribution in [3.63, 3.8) is 0 Å². The topological polar surface area (TPSA) is 86.9 Å². The molecule has 2 aromatic carbocycles. The Labute approximate surface area is 200 Å². The highest BCUT2D eigenvalue weighted by atomic mass is 32.1. The number of imidazole rings is 1. The molecule has 0 atom stereocenters. The number of nitrogens with one attached hydrogen (secondary N) is 1. The van der Waals surface area contributed by atoms with Crippen LogP contribution in [0.5, 0.6) is 0 Å². The van der Waals surface area contributed by atoms with Crippen LogP contribution in [-0.4, -0.2) is 43.4 Å². The molecule has 0 aliphatic rings. The molecule has 0 saturated heterocycles. The summed E-state index contributed by atoms with van der Waals surface area (Å²) in [7, 11) is 0. The maximum atomic E-state index is 13.0. The van der Waals surface area contributed by atoms with Crippen molar-refractivity contribution in [2.45, 2.75) is 19.9 Å². The van der Waals surface area contributed by atoms with Crippen molar-refractivity contribution in [2.75, 3.05) is 18.5 Å². The summed E-state index contributed by atoms with van der Waals surface area (Å²) in [6.45, 7) is 4.01. The van der Waals surface area contributed by atoms with Crippen molar-refractivity contribution in [2.24, 2.45) is 0 Å². The maximum absolute atomic E-state index is 13.0. The summed E-state index contributed by atoms with van der Waals surface area (Å²) in [5, 5.41) is 9.86. The minimum absolute atomic E-state index is 0.292. The van der Waals surface area contributed by atoms with Gasteiger partial charge in [0.15, 0.2) is 0 Å². The Morgan fingerprint density at radius 3 is 2.76 bits per heavy atom. The summed E-state index contributed by atoms with van der Waals surface area (Å²) in [6, 6.07) is 17.7. The van der Waals surface area contributed by atoms with Crippen LogP contribution in [-0.2, 0) is 11.3 Å². The van der Waals surface area contributed by atoms with E-state index < -0.39 is 0 Å². The van der Waals surface area contributed by atoms with Crippen LogP contribution in [0.4, 0.5) is 5.95 Å². The van der Waals surface area contributed by atoms with E-state index in [1.54, 1.807) is 16.3 Å². The van der Waals surface area contributed by atoms with E-state index in [1.165, 1.54) is 11.3 Å². The summed E-state index contributed by atoms with van der Waals surface area (Å²) in [5.74, 6) is 0.216. The number of fused-ring (bicyclic) bond motifs is 1. The Hall–Kier alpha value is -3.82. The van der Waals surface area contributed by atoms with Crippen LogP contribution >= 0.6 is 11.3 Å². The lowest BCUT2D eigenvalue weighted by molar-refractivity contribution is 0.102. The van der Waals surface area contributed by atoms with Crippen molar-refractivity contribution >= 4 is 34.2 Å². The van der Waals surface area contributed by atoms with Gasteiger partial charge in [-0.25, -0.2) is 14.6 Å². The first-order valence-electron chi connectivity index (χ1n) is 11.1. The van der Waals surface area contributed by atoms with Gasteiger partial charge < -0.3 is 9.30 Å². The van der Waals surface area contributed by atoms with Gasteiger partial charge in [0, 0.05) is 36.9 Å². The fourth-order valence-corrected chi connectivity index (χ4v) is 4.47. The van der Waals surface area contributed by atoms with Gasteiger partial charge in [-0.3, -0.25) is 10.1 Å². The smallest absolute Gasteiger partial charge is 0.277 e. The fourth-order valence-electron chi connectivity index (χ4n) is 3.70. The molecular formula is C25H24N6O2S. The van der Waals surface area contributed by atoms with Gasteiger partial charge in [0.25, 0.3) is 5.91 Å². The monoisotopic (exact) mass is 472 g/mol. The van der Waals surface area contributed by atoms with Crippen molar-refractivity contribution in [3.8, 4) is 16.3 Å². The zero-order valence-electron chi connectivity index (χ0n) is 18.7. The standard InChI is InChI=1S/C25H24N6O2S/c1-2-33-14-8-13-30-22-12-7-6-11-20(22)28-25(30)29-23(32)21-17-34-24(27-21)18-15-26-31(16-18)19-9-4-3-5-10-19/h3-7,9-12,15-17H,2,8,13-14H2,1H3,(H,28,29,32). The lowest BCUT2D eigenvalue weighted by Crippen LogP contribution is -2.17. The van der Waals surface area contributed by atoms with Gasteiger partial charge in [0.05, 0.1) is 22.9 Å². The lowest BCUT2D eigenvalue weighted by atomic mass is 10.3. The molecule has 3 heterocycles. The van der Waals surface area contributed by atoms with Gasteiger partial charge in [-0.15, -0.1) is 11.3 Å². The SMILES string of the molecule is CCOCCCn1c(NC(=O)c2csc(-c3cnn(-c4ccccc4)c3)n2)nc2ccccc21. The number of thiazole rings is 1. The van der Waals surface area contributed by atoms with Crippen LogP contribution in [0.25, 0.3) is 27.3 Å². The number of rotatable bonds is 9. The van der Waals surface area contributed by atoms with Crippen LogP contribution in [0.2, 0.25) is 0 Å². The Bertz CT molecular complexity index is 1410. The number of para-hydroxylation sites is 3. The molecule has 5 rings (SSSR count). The number of nitrogens with zero attached hydrogens (tertiary/aromatic N) is 5. The van der Waals surface area contributed by atoms with Crippen molar-refractivity contribution in [1.29, 1.82) is 0 Å². The van der Waals surface area contributed by atoms with E-state index in [-0.39, 0.29) is 5.91 Å². The third kappa shape index (κ3) is 4.61. The second-order valence-electron chi connectivity index (χ2n) is 7.63. The fraction of sp³-hybridized carbons (Fsp3) is 0.200. The molecule has 1 N–H and O–H groups in total. The van der Waals surface area contributed by atoms with E-state index in [0.717, 1.165) is 33.7 Å². The number of ether oxygens (including phenoxy) is 1. The molecule has 1 amide bonds. The minimum atomic E-state index is -0.292. The molecule has 0 spiro atoms. The molecule has 8 nitrogen and oxygen atoms in total. The summed E-state index contributed by atoms with van der Waals surface area (Å²) in [5.41, 5.74) is 3.98. The number of carbonyl (C=O) groups is 1. The number of hydrogen-bond donors (Lipinski definition) is 1. The summed E-state index contributed by atoms with van der Waals surface area (Å²) < 4.78 is 9.28. The summed E-state index contributed by atoms with van der Waals surface area (Å²) >= 11 is 1.41. The van der Waals surface area contributed by atoms with Gasteiger partial charge in [0.1, 0.15) is 10.7 Å². The molecule has 34 heavy (non-hydrogen) atoms. The Morgan fingerprint density at radius 1 is 1.09 bits per heavy atom. The Kier molecular flexibility index (Phi) is 6.46. The van der Waals surface area contributed by atoms with Gasteiger partial charge in [0.2, 0.25) is 5.95 Å². The van der Waals surface area contributed by atoms with Crippen LogP contribution in [0.15, 0.2) is 72.4 Å². The molecule has 3 aromatic heterocycles. The molecule has 172 valence electrons. The molecule has 0 fully saturated rings. The first kappa shape index (κ1) is 22.0. The number of benzene rings is 2. The molecule has 0 bridgehead atoms. The number of hydrogen-bond acceptors (Lipinski definition) is 6. The molecule has 9 heteroatoms. The van der Waals surface area contributed by atoms with Crippen LogP contribution < -0.4 is 5.32 Å². The molecule has 0 radical (unpaired) electrons. The minimum Gasteiger partial charge on any atom is -0.382 e. The largest absolute Gasteiger partial charge is 0.382 e. The molecule has 0 saturated carbocycles. The lowest BCUT2D eigenvalue weighted by Gasteiger charge is -2.09. The molecule has 0 unspecified atom stereocenters. The molecular weight excluding hydrogens is 448 g/mol. The number of amides is 1. The second-order valence-corrected chi connectivity index (χ2v) is 8.49. The molecule has 5 aromatic rings. The predicted molar refractivity (Wildman–Crippen MR) is 133 cm³/mol. The first-order valence-corrected chi connectivity index (χ1v) is 12.0. The Balaban J connectivity index is 1.34. The van der Waals surface area contributed by atoms with E-state index >= 15 is 0 Å². The summed E-state index contributed by atoms with van der Waals surface area (Å²) in [4.78, 5) is 22.2. The third-order valence-corrected chi connectivity index (χ3v) is 6.23. The van der Waals surface area contributed by atoms with Crippen LogP contribution in [0.3, 0.4) is 0 Å². The number of carbonyl (C=O) groups excluding carboxylic acids is 1. The van der Waals surface area contributed by atoms with E-state index in [4.69, 9.17) is 4.74 Å². The Morgan fingerprint density at radius 2 is 1.91 bits per heavy atom. The van der Waals surface area contributed by atoms with E-state index in [2.05, 4.69) is 20.4 Å². The van der Waals surface area contributed by atoms with Gasteiger partial charge in [-0.05, 0) is 37.6 Å². The highest BCUT2D eigenvalue weighted by Crippen LogP contribution is 2.25. The average Bonchev–Trinajstić information content (AvgIpc) is 3.61. The van der Waals surface area contributed by atoms with E-state index in [0.29, 0.717) is 31.4 Å². The van der Waals surface area contributed by atoms with E-state index in [1.807, 2.05) is 72.3 Å². The molecule has 0 aliphatic heterocycles. The van der Waals surface area contributed by atoms with Crippen LogP contribution in [0, 0.1) is 0 Å². The highest BCUT2D eigenvalue weighted by Gasteiger charge is 2.17. The number of aromatic nitrogens is 5. The average molecular weight is 473 g/mol. The van der Waals surface area contributed by atoms with Gasteiger partial charge in [-0.1, -0.05) is 30.3 Å². The zero-order valence-corrected chi connectivity index (χ0v) is 19.5. The summed E-state index contributed by atoms with van der Waals surface area (Å²) in [6.07, 6.45) is 4.49. The highest BCUT2D eigenvalue weighted by molar-refractivity contribution is 7.13. The normalized spacial score (nSPS) is 11.2. The van der Waals surface area contributed by atoms with Crippen molar-refractivity contribution in [3.05, 3.63) is 78.1 Å². The van der Waals surface area contributed by atoms with Crippen molar-refractivity contribution in [1.82, 2.24) is 24.3 Å². The molecule has 0 aliphatic carbocycles. The van der Waals surface area contributed by atoms with E-state index in [9.17, 15) is 4.79 Å². The zero-order chi connectivity index (χ0) is 23.3. The first-order chi connectivity index (χ1) is 16.7. The number of anilines is 1. The van der Waals surface area contributed by atoms with Crippen LogP contribution in [0.1, 0.15) is 23.8 Å².